The maximum Gasteiger partial charge on any atom is 0.124 e. The second-order valence-electron chi connectivity index (χ2n) is 4.26. The zero-order chi connectivity index (χ0) is 13.5. The third-order valence-electron chi connectivity index (χ3n) is 2.96. The molecule has 1 heterocycles. The van der Waals surface area contributed by atoms with E-state index in [1.54, 1.807) is 6.20 Å². The van der Waals surface area contributed by atoms with Gasteiger partial charge in [-0.15, -0.1) is 0 Å². The van der Waals surface area contributed by atoms with Crippen molar-refractivity contribution < 1.29 is 4.74 Å². The Hall–Kier alpha value is -1.91. The van der Waals surface area contributed by atoms with E-state index in [2.05, 4.69) is 10.4 Å². The highest BCUT2D eigenvalue weighted by atomic mass is 16.5. The summed E-state index contributed by atoms with van der Waals surface area (Å²) in [5.41, 5.74) is 5.06. The monoisotopic (exact) mass is 257 g/mol. The zero-order valence-corrected chi connectivity index (χ0v) is 11.0. The molecule has 2 aromatic rings. The molecule has 0 saturated heterocycles. The Bertz CT molecular complexity index is 502. The van der Waals surface area contributed by atoms with Gasteiger partial charge in [-0.25, -0.2) is 0 Å². The fourth-order valence-electron chi connectivity index (χ4n) is 2.07. The second kappa shape index (κ2) is 6.87. The first-order valence-corrected chi connectivity index (χ1v) is 6.42. The SMILES string of the molecule is CCOc1ccccc1C(Cc1cccnc1)NN. The molecule has 0 aliphatic carbocycles. The fourth-order valence-corrected chi connectivity index (χ4v) is 2.07. The smallest absolute Gasteiger partial charge is 0.124 e. The van der Waals surface area contributed by atoms with E-state index in [-0.39, 0.29) is 6.04 Å². The van der Waals surface area contributed by atoms with Crippen LogP contribution in [0.15, 0.2) is 48.8 Å². The average Bonchev–Trinajstić information content (AvgIpc) is 2.47. The van der Waals surface area contributed by atoms with Crippen molar-refractivity contribution in [3.05, 3.63) is 59.9 Å². The number of nitrogens with two attached hydrogens (primary N) is 1. The molecule has 2 rings (SSSR count). The van der Waals surface area contributed by atoms with Gasteiger partial charge in [-0.1, -0.05) is 24.3 Å². The van der Waals surface area contributed by atoms with Crippen molar-refractivity contribution in [2.45, 2.75) is 19.4 Å². The van der Waals surface area contributed by atoms with E-state index in [1.807, 2.05) is 49.5 Å². The summed E-state index contributed by atoms with van der Waals surface area (Å²) in [4.78, 5) is 4.12. The molecule has 4 nitrogen and oxygen atoms in total. The lowest BCUT2D eigenvalue weighted by molar-refractivity contribution is 0.331. The molecule has 3 N–H and O–H groups in total. The molecule has 1 atom stereocenters. The number of ether oxygens (including phenoxy) is 1. The normalized spacial score (nSPS) is 12.1. The Morgan fingerprint density at radius 1 is 1.26 bits per heavy atom. The topological polar surface area (TPSA) is 60.2 Å². The lowest BCUT2D eigenvalue weighted by Crippen LogP contribution is -2.30. The number of nitrogens with zero attached hydrogens (tertiary/aromatic N) is 1. The molecule has 1 aromatic carbocycles. The number of hydrazine groups is 1. The van der Waals surface area contributed by atoms with Crippen LogP contribution < -0.4 is 16.0 Å². The van der Waals surface area contributed by atoms with Crippen LogP contribution in [0.4, 0.5) is 0 Å². The van der Waals surface area contributed by atoms with Gasteiger partial charge in [0.2, 0.25) is 0 Å². The minimum atomic E-state index is 0.00644. The van der Waals surface area contributed by atoms with Crippen LogP contribution in [0.5, 0.6) is 5.75 Å². The van der Waals surface area contributed by atoms with Gasteiger partial charge in [0.25, 0.3) is 0 Å². The molecule has 4 heteroatoms. The summed E-state index contributed by atoms with van der Waals surface area (Å²) in [5.74, 6) is 6.56. The molecule has 0 spiro atoms. The molecule has 0 bridgehead atoms. The third kappa shape index (κ3) is 3.53. The van der Waals surface area contributed by atoms with Crippen molar-refractivity contribution in [3.8, 4) is 5.75 Å². The lowest BCUT2D eigenvalue weighted by Gasteiger charge is -2.19. The number of hydrogen-bond acceptors (Lipinski definition) is 4. The van der Waals surface area contributed by atoms with Crippen LogP contribution in [-0.2, 0) is 6.42 Å². The van der Waals surface area contributed by atoms with Crippen molar-refractivity contribution in [2.24, 2.45) is 5.84 Å². The fraction of sp³-hybridized carbons (Fsp3) is 0.267. The summed E-state index contributed by atoms with van der Waals surface area (Å²) in [6.07, 6.45) is 4.39. The summed E-state index contributed by atoms with van der Waals surface area (Å²) in [6, 6.07) is 11.9. The summed E-state index contributed by atoms with van der Waals surface area (Å²) in [5, 5.41) is 0. The lowest BCUT2D eigenvalue weighted by atomic mass is 9.99. The van der Waals surface area contributed by atoms with Crippen LogP contribution in [0, 0.1) is 0 Å². The molecule has 0 fully saturated rings. The van der Waals surface area contributed by atoms with Crippen LogP contribution in [0.1, 0.15) is 24.1 Å². The van der Waals surface area contributed by atoms with Gasteiger partial charge >= 0.3 is 0 Å². The molecular weight excluding hydrogens is 238 g/mol. The molecule has 100 valence electrons. The Labute approximate surface area is 113 Å². The summed E-state index contributed by atoms with van der Waals surface area (Å²) in [7, 11) is 0. The first kappa shape index (κ1) is 13.5. The minimum absolute atomic E-state index is 0.00644. The number of pyridine rings is 1. The summed E-state index contributed by atoms with van der Waals surface area (Å²) >= 11 is 0. The van der Waals surface area contributed by atoms with E-state index >= 15 is 0 Å². The molecular formula is C15H19N3O. The van der Waals surface area contributed by atoms with Crippen molar-refractivity contribution in [1.29, 1.82) is 0 Å². The molecule has 19 heavy (non-hydrogen) atoms. The quantitative estimate of drug-likeness (QED) is 0.615. The number of hydrogen-bond donors (Lipinski definition) is 2. The standard InChI is InChI=1S/C15H19N3O/c1-2-19-15-8-4-3-7-13(15)14(18-16)10-12-6-5-9-17-11-12/h3-9,11,14,18H,2,10,16H2,1H3. The van der Waals surface area contributed by atoms with Gasteiger partial charge in [0.1, 0.15) is 5.75 Å². The van der Waals surface area contributed by atoms with Gasteiger partial charge in [-0.2, -0.15) is 0 Å². The number of benzene rings is 1. The highest BCUT2D eigenvalue weighted by Crippen LogP contribution is 2.27. The highest BCUT2D eigenvalue weighted by molar-refractivity contribution is 5.36. The van der Waals surface area contributed by atoms with Crippen molar-refractivity contribution >= 4 is 0 Å². The Morgan fingerprint density at radius 2 is 2.11 bits per heavy atom. The third-order valence-corrected chi connectivity index (χ3v) is 2.96. The number of rotatable bonds is 6. The zero-order valence-electron chi connectivity index (χ0n) is 11.0. The van der Waals surface area contributed by atoms with E-state index in [4.69, 9.17) is 10.6 Å². The number of nitrogens with one attached hydrogen (secondary N) is 1. The van der Waals surface area contributed by atoms with Gasteiger partial charge in [0.15, 0.2) is 0 Å². The van der Waals surface area contributed by atoms with Crippen molar-refractivity contribution in [2.75, 3.05) is 6.61 Å². The van der Waals surface area contributed by atoms with Crippen LogP contribution in [0.2, 0.25) is 0 Å². The minimum Gasteiger partial charge on any atom is -0.494 e. The Morgan fingerprint density at radius 3 is 2.79 bits per heavy atom. The highest BCUT2D eigenvalue weighted by Gasteiger charge is 2.15. The summed E-state index contributed by atoms with van der Waals surface area (Å²) < 4.78 is 5.65. The maximum absolute atomic E-state index is 5.69. The van der Waals surface area contributed by atoms with Crippen LogP contribution in [-0.4, -0.2) is 11.6 Å². The first-order chi connectivity index (χ1) is 9.35. The molecule has 1 aromatic heterocycles. The van der Waals surface area contributed by atoms with E-state index < -0.39 is 0 Å². The largest absolute Gasteiger partial charge is 0.494 e. The van der Waals surface area contributed by atoms with Crippen LogP contribution >= 0.6 is 0 Å². The van der Waals surface area contributed by atoms with Crippen LogP contribution in [0.25, 0.3) is 0 Å². The number of para-hydroxylation sites is 1. The summed E-state index contributed by atoms with van der Waals surface area (Å²) in [6.45, 7) is 2.62. The second-order valence-corrected chi connectivity index (χ2v) is 4.26. The van der Waals surface area contributed by atoms with E-state index in [1.165, 1.54) is 0 Å². The van der Waals surface area contributed by atoms with E-state index in [0.717, 1.165) is 23.3 Å². The maximum atomic E-state index is 5.69. The van der Waals surface area contributed by atoms with Crippen molar-refractivity contribution in [1.82, 2.24) is 10.4 Å². The molecule has 0 amide bonds. The molecule has 0 radical (unpaired) electrons. The van der Waals surface area contributed by atoms with Crippen molar-refractivity contribution in [3.63, 3.8) is 0 Å². The van der Waals surface area contributed by atoms with Gasteiger partial charge in [-0.3, -0.25) is 16.3 Å². The molecule has 0 saturated carbocycles. The van der Waals surface area contributed by atoms with E-state index in [9.17, 15) is 0 Å². The van der Waals surface area contributed by atoms with Gasteiger partial charge < -0.3 is 4.74 Å². The number of aromatic nitrogens is 1. The van der Waals surface area contributed by atoms with Gasteiger partial charge in [0.05, 0.1) is 12.6 Å². The average molecular weight is 257 g/mol. The predicted molar refractivity (Wildman–Crippen MR) is 75.6 cm³/mol. The first-order valence-electron chi connectivity index (χ1n) is 6.42. The predicted octanol–water partition coefficient (Wildman–Crippen LogP) is 2.23. The molecule has 0 aliphatic heterocycles. The van der Waals surface area contributed by atoms with E-state index in [0.29, 0.717) is 6.61 Å². The van der Waals surface area contributed by atoms with Crippen LogP contribution in [0.3, 0.4) is 0 Å². The van der Waals surface area contributed by atoms with Gasteiger partial charge in [0, 0.05) is 18.0 Å². The molecule has 1 unspecified atom stereocenters. The Kier molecular flexibility index (Phi) is 4.89. The molecule has 0 aliphatic rings. The Balaban J connectivity index is 2.22. The van der Waals surface area contributed by atoms with Gasteiger partial charge in [-0.05, 0) is 31.0 Å².